The smallest absolute Gasteiger partial charge is 0.291 e. The van der Waals surface area contributed by atoms with Gasteiger partial charge in [-0.3, -0.25) is 9.78 Å². The molecule has 4 rings (SSSR count). The van der Waals surface area contributed by atoms with E-state index in [0.717, 1.165) is 62.2 Å². The van der Waals surface area contributed by atoms with Gasteiger partial charge >= 0.3 is 0 Å². The summed E-state index contributed by atoms with van der Waals surface area (Å²) >= 11 is 0. The molecule has 3 heterocycles. The van der Waals surface area contributed by atoms with Gasteiger partial charge in [0.1, 0.15) is 15.7 Å². The lowest BCUT2D eigenvalue weighted by Crippen LogP contribution is -2.36. The molecule has 0 unspecified atom stereocenters. The number of nitrogens with one attached hydrogen (secondary N) is 2. The van der Waals surface area contributed by atoms with Crippen LogP contribution in [0.5, 0.6) is 0 Å². The van der Waals surface area contributed by atoms with Gasteiger partial charge in [0.25, 0.3) is 5.91 Å². The van der Waals surface area contributed by atoms with Crippen LogP contribution >= 0.6 is 0 Å². The zero-order valence-corrected chi connectivity index (χ0v) is 21.6. The number of amides is 1. The van der Waals surface area contributed by atoms with Gasteiger partial charge in [0.2, 0.25) is 0 Å². The van der Waals surface area contributed by atoms with Gasteiger partial charge in [0.05, 0.1) is 23.3 Å². The third-order valence-corrected chi connectivity index (χ3v) is 7.96. The van der Waals surface area contributed by atoms with Gasteiger partial charge in [-0.05, 0) is 68.3 Å². The van der Waals surface area contributed by atoms with E-state index in [9.17, 15) is 13.2 Å². The highest BCUT2D eigenvalue weighted by Crippen LogP contribution is 2.40. The Hall–Kier alpha value is -2.72. The third kappa shape index (κ3) is 6.70. The molecule has 4 N–H and O–H groups in total. The fourth-order valence-electron chi connectivity index (χ4n) is 4.72. The Morgan fingerprint density at radius 2 is 2.03 bits per heavy atom. The second-order valence-corrected chi connectivity index (χ2v) is 12.9. The molecule has 2 aliphatic rings. The summed E-state index contributed by atoms with van der Waals surface area (Å²) in [5.74, 6) is 0.647. The number of allylic oxidation sites excluding steroid dienone is 2. The molecule has 0 bridgehead atoms. The molecule has 190 valence electrons. The van der Waals surface area contributed by atoms with E-state index in [4.69, 9.17) is 10.7 Å². The Morgan fingerprint density at radius 3 is 2.63 bits per heavy atom. The minimum absolute atomic E-state index is 0.165. The lowest BCUT2D eigenvalue weighted by Gasteiger charge is -2.32. The molecule has 35 heavy (non-hydrogen) atoms. The van der Waals surface area contributed by atoms with Crippen molar-refractivity contribution in [3.8, 4) is 0 Å². The van der Waals surface area contributed by atoms with E-state index in [1.54, 1.807) is 0 Å². The highest BCUT2D eigenvalue weighted by atomic mass is 32.2. The number of anilines is 2. The summed E-state index contributed by atoms with van der Waals surface area (Å²) in [5.41, 5.74) is 9.62. The molecule has 2 aromatic rings. The number of nitrogens with two attached hydrogens (primary N) is 1. The van der Waals surface area contributed by atoms with Crippen LogP contribution in [0.3, 0.4) is 0 Å². The number of carbonyl (C=O) groups is 1. The molecule has 0 atom stereocenters. The minimum Gasteiger partial charge on any atom is -0.384 e. The number of likely N-dealkylation sites (tertiary alicyclic amines) is 1. The summed E-state index contributed by atoms with van der Waals surface area (Å²) < 4.78 is 23.0. The number of aromatic amines is 1. The van der Waals surface area contributed by atoms with Crippen molar-refractivity contribution in [1.29, 1.82) is 0 Å². The lowest BCUT2D eigenvalue weighted by molar-refractivity contribution is 0.101. The van der Waals surface area contributed by atoms with Gasteiger partial charge in [-0.25, -0.2) is 13.4 Å². The summed E-state index contributed by atoms with van der Waals surface area (Å²) in [6, 6.07) is 3.94. The molecule has 0 radical (unpaired) electrons. The first-order chi connectivity index (χ1) is 16.5. The van der Waals surface area contributed by atoms with Crippen LogP contribution in [0.25, 0.3) is 5.57 Å². The molecular weight excluding hydrogens is 464 g/mol. The van der Waals surface area contributed by atoms with Gasteiger partial charge in [-0.1, -0.05) is 19.9 Å². The Balaban J connectivity index is 1.54. The molecule has 1 saturated heterocycles. The largest absolute Gasteiger partial charge is 0.384 e. The summed E-state index contributed by atoms with van der Waals surface area (Å²) in [6.45, 7) is 6.82. The number of sulfone groups is 1. The standard InChI is InChI=1S/C25H36N6O3S/c1-25(2)10-6-18(7-11-25)22-20(29-24(32)23-27-16-21(26)30-23)5-4-19(28-22)17-8-12-31(13-9-17)14-15-35(3,33)34/h4-6,16-17H,7-15,26H2,1-3H3,(H,27,30)(H,29,32). The van der Waals surface area contributed by atoms with Gasteiger partial charge in [-0.2, -0.15) is 0 Å². The zero-order valence-electron chi connectivity index (χ0n) is 20.8. The highest BCUT2D eigenvalue weighted by Gasteiger charge is 2.27. The second kappa shape index (κ2) is 10.1. The summed E-state index contributed by atoms with van der Waals surface area (Å²) in [4.78, 5) is 26.9. The quantitative estimate of drug-likeness (QED) is 0.530. The molecule has 1 amide bonds. The number of nitrogens with zero attached hydrogens (tertiary/aromatic N) is 3. The third-order valence-electron chi connectivity index (χ3n) is 7.04. The number of nitrogen functional groups attached to an aromatic ring is 1. The van der Waals surface area contributed by atoms with Gasteiger partial charge < -0.3 is 20.9 Å². The van der Waals surface area contributed by atoms with E-state index in [0.29, 0.717) is 24.0 Å². The van der Waals surface area contributed by atoms with Crippen LogP contribution < -0.4 is 11.1 Å². The number of rotatable bonds is 7. The van der Waals surface area contributed by atoms with Gasteiger partial charge in [0, 0.05) is 24.4 Å². The molecule has 2 aromatic heterocycles. The predicted octanol–water partition coefficient (Wildman–Crippen LogP) is 3.46. The number of hydrogen-bond donors (Lipinski definition) is 3. The first kappa shape index (κ1) is 25.4. The van der Waals surface area contributed by atoms with E-state index < -0.39 is 9.84 Å². The Morgan fingerprint density at radius 1 is 1.29 bits per heavy atom. The first-order valence-corrected chi connectivity index (χ1v) is 14.3. The Bertz CT molecular complexity index is 1210. The van der Waals surface area contributed by atoms with Crippen LogP contribution in [0.4, 0.5) is 11.5 Å². The average Bonchev–Trinajstić information content (AvgIpc) is 3.24. The minimum atomic E-state index is -2.96. The number of pyridine rings is 1. The Labute approximate surface area is 207 Å². The maximum absolute atomic E-state index is 12.8. The molecule has 1 aliphatic carbocycles. The van der Waals surface area contributed by atoms with Crippen molar-refractivity contribution >= 4 is 32.8 Å². The Kier molecular flexibility index (Phi) is 7.32. The van der Waals surface area contributed by atoms with Crippen molar-refractivity contribution < 1.29 is 13.2 Å². The molecule has 9 nitrogen and oxygen atoms in total. The van der Waals surface area contributed by atoms with Crippen LogP contribution in [0.1, 0.15) is 73.9 Å². The van der Waals surface area contributed by atoms with E-state index in [-0.39, 0.29) is 22.9 Å². The van der Waals surface area contributed by atoms with Gasteiger partial charge in [0.15, 0.2) is 5.82 Å². The molecule has 1 aliphatic heterocycles. The molecule has 1 fully saturated rings. The molecular formula is C25H36N6O3S. The van der Waals surface area contributed by atoms with Gasteiger partial charge in [-0.15, -0.1) is 0 Å². The van der Waals surface area contributed by atoms with Crippen molar-refractivity contribution in [2.75, 3.05) is 42.7 Å². The topological polar surface area (TPSA) is 134 Å². The van der Waals surface area contributed by atoms with Crippen molar-refractivity contribution in [2.24, 2.45) is 5.41 Å². The summed E-state index contributed by atoms with van der Waals surface area (Å²) in [5, 5.41) is 2.97. The molecule has 0 aromatic carbocycles. The van der Waals surface area contributed by atoms with Crippen LogP contribution in [-0.2, 0) is 9.84 Å². The van der Waals surface area contributed by atoms with E-state index >= 15 is 0 Å². The maximum atomic E-state index is 12.8. The van der Waals surface area contributed by atoms with Crippen LogP contribution in [-0.4, -0.2) is 65.8 Å². The molecule has 10 heteroatoms. The fourth-order valence-corrected chi connectivity index (χ4v) is 5.31. The fraction of sp³-hybridized carbons (Fsp3) is 0.560. The number of imidazole rings is 1. The van der Waals surface area contributed by atoms with E-state index in [2.05, 4.69) is 40.1 Å². The van der Waals surface area contributed by atoms with E-state index in [1.807, 2.05) is 12.1 Å². The summed E-state index contributed by atoms with van der Waals surface area (Å²) in [6.07, 6.45) is 9.76. The first-order valence-electron chi connectivity index (χ1n) is 12.2. The van der Waals surface area contributed by atoms with Crippen molar-refractivity contribution in [3.05, 3.63) is 41.6 Å². The lowest BCUT2D eigenvalue weighted by atomic mass is 9.77. The van der Waals surface area contributed by atoms with E-state index in [1.165, 1.54) is 12.5 Å². The van der Waals surface area contributed by atoms with Crippen molar-refractivity contribution in [1.82, 2.24) is 19.9 Å². The van der Waals surface area contributed by atoms with Crippen LogP contribution in [0.2, 0.25) is 0 Å². The highest BCUT2D eigenvalue weighted by molar-refractivity contribution is 7.90. The number of H-pyrrole nitrogens is 1. The van der Waals surface area contributed by atoms with Crippen molar-refractivity contribution in [2.45, 2.75) is 51.9 Å². The maximum Gasteiger partial charge on any atom is 0.291 e. The van der Waals surface area contributed by atoms with Crippen LogP contribution in [0.15, 0.2) is 24.4 Å². The number of carbonyl (C=O) groups excluding carboxylic acids is 1. The van der Waals surface area contributed by atoms with Crippen LogP contribution in [0, 0.1) is 5.41 Å². The average molecular weight is 501 g/mol. The monoisotopic (exact) mass is 500 g/mol. The number of aromatic nitrogens is 3. The summed E-state index contributed by atoms with van der Waals surface area (Å²) in [7, 11) is -2.96. The number of hydrogen-bond acceptors (Lipinski definition) is 7. The normalized spacial score (nSPS) is 19.3. The molecule has 0 spiro atoms. The molecule has 0 saturated carbocycles. The van der Waals surface area contributed by atoms with Crippen molar-refractivity contribution in [3.63, 3.8) is 0 Å². The predicted molar refractivity (Wildman–Crippen MR) is 139 cm³/mol. The SMILES string of the molecule is CC1(C)CC=C(c2nc(C3CCN(CCS(C)(=O)=O)CC3)ccc2NC(=O)c2ncc(N)[nH]2)CC1. The number of piperidine rings is 1. The zero-order chi connectivity index (χ0) is 25.2. The second-order valence-electron chi connectivity index (χ2n) is 10.6.